The normalized spacial score (nSPS) is 12.0. The molecule has 0 aliphatic carbocycles. The van der Waals surface area contributed by atoms with Crippen molar-refractivity contribution in [3.63, 3.8) is 0 Å². The monoisotopic (exact) mass is 434 g/mol. The minimum atomic E-state index is -1.41. The van der Waals surface area contributed by atoms with Crippen molar-refractivity contribution in [2.45, 2.75) is 52.6 Å². The molecule has 10 nitrogen and oxygen atoms in total. The standard InChI is InChI=1S/C18H30N2O8S/c1-4-14(24)28-11-18(2,3)16(26)17(27)20-8-7-12(21)19-9-10-29-15(25)6-5-13(22)23/h16,26H,4-11H2,1-3H3,(H,19,21)(H,20,27)(H,22,23)/t16-/m0/s1. The summed E-state index contributed by atoms with van der Waals surface area (Å²) in [6, 6.07) is 0. The van der Waals surface area contributed by atoms with Gasteiger partial charge in [0.25, 0.3) is 0 Å². The zero-order chi connectivity index (χ0) is 22.4. The number of thioether (sulfide) groups is 1. The lowest BCUT2D eigenvalue weighted by molar-refractivity contribution is -0.153. The predicted octanol–water partition coefficient (Wildman–Crippen LogP) is 0.0738. The first-order valence-corrected chi connectivity index (χ1v) is 10.2. The number of carbonyl (C=O) groups excluding carboxylic acids is 4. The van der Waals surface area contributed by atoms with Gasteiger partial charge in [-0.1, -0.05) is 32.5 Å². The van der Waals surface area contributed by atoms with Crippen LogP contribution in [0.25, 0.3) is 0 Å². The fourth-order valence-electron chi connectivity index (χ4n) is 1.92. The number of rotatable bonds is 14. The molecule has 2 amide bonds. The van der Waals surface area contributed by atoms with Gasteiger partial charge in [0.05, 0.1) is 13.0 Å². The number of aliphatic hydroxyl groups is 1. The predicted molar refractivity (Wildman–Crippen MR) is 106 cm³/mol. The van der Waals surface area contributed by atoms with Crippen LogP contribution < -0.4 is 10.6 Å². The minimum Gasteiger partial charge on any atom is -0.481 e. The van der Waals surface area contributed by atoms with Crippen molar-refractivity contribution in [1.29, 1.82) is 0 Å². The van der Waals surface area contributed by atoms with Crippen LogP contribution >= 0.6 is 11.8 Å². The van der Waals surface area contributed by atoms with E-state index in [0.717, 1.165) is 11.8 Å². The van der Waals surface area contributed by atoms with Gasteiger partial charge in [0.15, 0.2) is 5.12 Å². The van der Waals surface area contributed by atoms with Crippen LogP contribution in [0.1, 0.15) is 46.5 Å². The van der Waals surface area contributed by atoms with Crippen LogP contribution in [0.2, 0.25) is 0 Å². The van der Waals surface area contributed by atoms with E-state index in [1.807, 2.05) is 0 Å². The topological polar surface area (TPSA) is 159 Å². The third-order valence-corrected chi connectivity index (χ3v) is 4.70. The molecule has 0 unspecified atom stereocenters. The van der Waals surface area contributed by atoms with Crippen molar-refractivity contribution in [3.05, 3.63) is 0 Å². The molecular weight excluding hydrogens is 404 g/mol. The van der Waals surface area contributed by atoms with Crippen molar-refractivity contribution in [2.24, 2.45) is 5.41 Å². The second-order valence-corrected chi connectivity index (χ2v) is 8.06. The van der Waals surface area contributed by atoms with Gasteiger partial charge in [0, 0.05) is 43.5 Å². The van der Waals surface area contributed by atoms with Crippen LogP contribution in [0.3, 0.4) is 0 Å². The molecule has 0 rings (SSSR count). The number of carboxylic acid groups (broad SMARTS) is 1. The summed E-state index contributed by atoms with van der Waals surface area (Å²) in [6.45, 7) is 4.94. The molecule has 0 saturated heterocycles. The third-order valence-electron chi connectivity index (χ3n) is 3.76. The Morgan fingerprint density at radius 1 is 1.03 bits per heavy atom. The lowest BCUT2D eigenvalue weighted by atomic mass is 9.87. The molecular formula is C18H30N2O8S. The van der Waals surface area contributed by atoms with E-state index in [1.165, 1.54) is 0 Å². The highest BCUT2D eigenvalue weighted by molar-refractivity contribution is 8.13. The molecule has 4 N–H and O–H groups in total. The maximum atomic E-state index is 12.0. The summed E-state index contributed by atoms with van der Waals surface area (Å²) in [7, 11) is 0. The van der Waals surface area contributed by atoms with Crippen LogP contribution in [0.4, 0.5) is 0 Å². The van der Waals surface area contributed by atoms with E-state index in [1.54, 1.807) is 20.8 Å². The Labute approximate surface area is 174 Å². The summed E-state index contributed by atoms with van der Waals surface area (Å²) in [6.07, 6.45) is -1.51. The number of carbonyl (C=O) groups is 5. The number of hydrogen-bond acceptors (Lipinski definition) is 8. The number of hydrogen-bond donors (Lipinski definition) is 4. The zero-order valence-electron chi connectivity index (χ0n) is 17.0. The largest absolute Gasteiger partial charge is 0.481 e. The molecule has 0 aliphatic heterocycles. The number of carboxylic acids is 1. The van der Waals surface area contributed by atoms with Crippen LogP contribution in [-0.4, -0.2) is 70.6 Å². The summed E-state index contributed by atoms with van der Waals surface area (Å²) in [5.74, 6) is -2.15. The van der Waals surface area contributed by atoms with Gasteiger partial charge in [-0.2, -0.15) is 0 Å². The maximum absolute atomic E-state index is 12.0. The van der Waals surface area contributed by atoms with Gasteiger partial charge < -0.3 is 25.6 Å². The second-order valence-electron chi connectivity index (χ2n) is 6.91. The molecule has 0 radical (unpaired) electrons. The lowest BCUT2D eigenvalue weighted by Gasteiger charge is -2.28. The molecule has 0 fully saturated rings. The van der Waals surface area contributed by atoms with E-state index >= 15 is 0 Å². The summed E-state index contributed by atoms with van der Waals surface area (Å²) >= 11 is 0.948. The quantitative estimate of drug-likeness (QED) is 0.219. The first-order valence-electron chi connectivity index (χ1n) is 9.25. The van der Waals surface area contributed by atoms with Gasteiger partial charge in [0.2, 0.25) is 11.8 Å². The van der Waals surface area contributed by atoms with Crippen molar-refractivity contribution in [1.82, 2.24) is 10.6 Å². The Morgan fingerprint density at radius 2 is 1.69 bits per heavy atom. The SMILES string of the molecule is CCC(=O)OCC(C)(C)[C@@H](O)C(=O)NCCC(=O)NCCSC(=O)CCC(=O)O. The summed E-state index contributed by atoms with van der Waals surface area (Å²) in [4.78, 5) is 56.7. The molecule has 11 heteroatoms. The van der Waals surface area contributed by atoms with Crippen molar-refractivity contribution in [2.75, 3.05) is 25.4 Å². The van der Waals surface area contributed by atoms with Crippen molar-refractivity contribution in [3.8, 4) is 0 Å². The zero-order valence-corrected chi connectivity index (χ0v) is 17.8. The second kappa shape index (κ2) is 13.9. The Morgan fingerprint density at radius 3 is 2.28 bits per heavy atom. The highest BCUT2D eigenvalue weighted by Crippen LogP contribution is 2.21. The van der Waals surface area contributed by atoms with E-state index in [9.17, 15) is 29.1 Å². The molecule has 0 bridgehead atoms. The van der Waals surface area contributed by atoms with E-state index in [2.05, 4.69) is 10.6 Å². The Balaban J connectivity index is 4.02. The number of aliphatic carboxylic acids is 1. The summed E-state index contributed by atoms with van der Waals surface area (Å²) < 4.78 is 4.97. The first kappa shape index (κ1) is 26.9. The molecule has 0 aliphatic rings. The highest BCUT2D eigenvalue weighted by atomic mass is 32.2. The maximum Gasteiger partial charge on any atom is 0.305 e. The third kappa shape index (κ3) is 12.8. The summed E-state index contributed by atoms with van der Waals surface area (Å²) in [5.41, 5.74) is -0.985. The van der Waals surface area contributed by atoms with E-state index in [0.29, 0.717) is 5.75 Å². The fraction of sp³-hybridized carbons (Fsp3) is 0.722. The van der Waals surface area contributed by atoms with E-state index in [4.69, 9.17) is 9.84 Å². The van der Waals surface area contributed by atoms with Gasteiger partial charge in [0.1, 0.15) is 6.10 Å². The van der Waals surface area contributed by atoms with Gasteiger partial charge in [-0.25, -0.2) is 0 Å². The number of esters is 1. The number of nitrogens with one attached hydrogen (secondary N) is 2. The molecule has 29 heavy (non-hydrogen) atoms. The number of amides is 2. The molecule has 0 aromatic carbocycles. The van der Waals surface area contributed by atoms with Crippen LogP contribution in [-0.2, 0) is 28.7 Å². The molecule has 166 valence electrons. The van der Waals surface area contributed by atoms with Crippen molar-refractivity contribution < 1.29 is 38.9 Å². The molecule has 0 heterocycles. The number of ether oxygens (including phenoxy) is 1. The minimum absolute atomic E-state index is 0.0112. The lowest BCUT2D eigenvalue weighted by Crippen LogP contribution is -2.47. The molecule has 1 atom stereocenters. The van der Waals surface area contributed by atoms with Gasteiger partial charge in [-0.15, -0.1) is 0 Å². The molecule has 0 aromatic heterocycles. The number of aliphatic hydroxyl groups excluding tert-OH is 1. The molecule has 0 saturated carbocycles. The summed E-state index contributed by atoms with van der Waals surface area (Å²) in [5, 5.41) is 23.4. The Hall–Kier alpha value is -2.14. The van der Waals surface area contributed by atoms with Crippen molar-refractivity contribution >= 4 is 40.6 Å². The highest BCUT2D eigenvalue weighted by Gasteiger charge is 2.34. The molecule has 0 spiro atoms. The average molecular weight is 435 g/mol. The van der Waals surface area contributed by atoms with Gasteiger partial charge in [-0.3, -0.25) is 24.0 Å². The average Bonchev–Trinajstić information content (AvgIpc) is 2.66. The smallest absolute Gasteiger partial charge is 0.305 e. The Bertz CT molecular complexity index is 594. The fourth-order valence-corrected chi connectivity index (χ4v) is 2.60. The molecule has 0 aromatic rings. The van der Waals surface area contributed by atoms with Crippen LogP contribution in [0.5, 0.6) is 0 Å². The van der Waals surface area contributed by atoms with E-state index < -0.39 is 29.4 Å². The van der Waals surface area contributed by atoms with E-state index in [-0.39, 0.29) is 56.4 Å². The van der Waals surface area contributed by atoms with Crippen LogP contribution in [0.15, 0.2) is 0 Å². The van der Waals surface area contributed by atoms with Gasteiger partial charge in [-0.05, 0) is 0 Å². The van der Waals surface area contributed by atoms with Gasteiger partial charge >= 0.3 is 11.9 Å². The Kier molecular flexibility index (Phi) is 12.9. The first-order chi connectivity index (χ1) is 13.5. The van der Waals surface area contributed by atoms with Crippen LogP contribution in [0, 0.1) is 5.41 Å².